The molecule has 0 spiro atoms. The lowest BCUT2D eigenvalue weighted by Gasteiger charge is -2.28. The molecule has 1 aliphatic carbocycles. The van der Waals surface area contributed by atoms with Crippen LogP contribution < -0.4 is 4.74 Å². The molecule has 0 aliphatic heterocycles. The predicted octanol–water partition coefficient (Wildman–Crippen LogP) is 4.16. The van der Waals surface area contributed by atoms with Crippen molar-refractivity contribution in [1.29, 1.82) is 0 Å². The SMILES string of the molecule is CC(C)c1ccc(OC2CCC(F)(F)CC2)nc1. The highest BCUT2D eigenvalue weighted by Gasteiger charge is 2.35. The fourth-order valence-electron chi connectivity index (χ4n) is 2.11. The van der Waals surface area contributed by atoms with Gasteiger partial charge in [0.15, 0.2) is 0 Å². The molecule has 0 saturated heterocycles. The zero-order chi connectivity index (χ0) is 13.2. The van der Waals surface area contributed by atoms with Gasteiger partial charge in [-0.3, -0.25) is 0 Å². The number of nitrogens with zero attached hydrogens (tertiary/aromatic N) is 1. The summed E-state index contributed by atoms with van der Waals surface area (Å²) in [6.45, 7) is 4.20. The minimum atomic E-state index is -2.51. The molecule has 1 heterocycles. The Labute approximate surface area is 106 Å². The topological polar surface area (TPSA) is 22.1 Å². The molecule has 1 saturated carbocycles. The maximum atomic E-state index is 13.0. The normalized spacial score (nSPS) is 20.1. The van der Waals surface area contributed by atoms with Crippen molar-refractivity contribution in [1.82, 2.24) is 4.98 Å². The molecule has 0 radical (unpaired) electrons. The molecule has 0 atom stereocenters. The number of hydrogen-bond acceptors (Lipinski definition) is 2. The Morgan fingerprint density at radius 3 is 2.44 bits per heavy atom. The van der Waals surface area contributed by atoms with Crippen LogP contribution >= 0.6 is 0 Å². The van der Waals surface area contributed by atoms with Crippen LogP contribution in [0, 0.1) is 0 Å². The van der Waals surface area contributed by atoms with Crippen LogP contribution in [-0.2, 0) is 0 Å². The average molecular weight is 255 g/mol. The van der Waals surface area contributed by atoms with E-state index in [1.807, 2.05) is 12.1 Å². The Hall–Kier alpha value is -1.19. The standard InChI is InChI=1S/C14H19F2NO/c1-10(2)11-3-4-13(17-9-11)18-12-5-7-14(15,16)8-6-12/h3-4,9-10,12H,5-8H2,1-2H3. The first-order chi connectivity index (χ1) is 8.46. The minimum absolute atomic E-state index is 0.0816. The zero-order valence-corrected chi connectivity index (χ0v) is 10.8. The molecule has 0 amide bonds. The van der Waals surface area contributed by atoms with Crippen molar-refractivity contribution in [3.63, 3.8) is 0 Å². The monoisotopic (exact) mass is 255 g/mol. The van der Waals surface area contributed by atoms with Gasteiger partial charge in [0.25, 0.3) is 0 Å². The van der Waals surface area contributed by atoms with Gasteiger partial charge in [0.2, 0.25) is 11.8 Å². The summed E-state index contributed by atoms with van der Waals surface area (Å²) in [4.78, 5) is 4.22. The number of aromatic nitrogens is 1. The second-order valence-corrected chi connectivity index (χ2v) is 5.26. The average Bonchev–Trinajstić information content (AvgIpc) is 2.33. The third-order valence-electron chi connectivity index (χ3n) is 3.38. The quantitative estimate of drug-likeness (QED) is 0.809. The molecule has 1 aromatic rings. The molecular weight excluding hydrogens is 236 g/mol. The second kappa shape index (κ2) is 5.21. The van der Waals surface area contributed by atoms with E-state index in [0.717, 1.165) is 5.56 Å². The number of hydrogen-bond donors (Lipinski definition) is 0. The van der Waals surface area contributed by atoms with Crippen molar-refractivity contribution in [3.8, 4) is 5.88 Å². The maximum Gasteiger partial charge on any atom is 0.248 e. The van der Waals surface area contributed by atoms with Crippen molar-refractivity contribution in [2.45, 2.75) is 57.5 Å². The van der Waals surface area contributed by atoms with Gasteiger partial charge in [0.05, 0.1) is 0 Å². The van der Waals surface area contributed by atoms with E-state index in [9.17, 15) is 8.78 Å². The zero-order valence-electron chi connectivity index (χ0n) is 10.8. The Bertz CT molecular complexity index is 379. The van der Waals surface area contributed by atoms with Gasteiger partial charge in [0.1, 0.15) is 6.10 Å². The summed E-state index contributed by atoms with van der Waals surface area (Å²) in [5.41, 5.74) is 1.15. The third-order valence-corrected chi connectivity index (χ3v) is 3.38. The van der Waals surface area contributed by atoms with Crippen LogP contribution in [0.25, 0.3) is 0 Å². The lowest BCUT2D eigenvalue weighted by atomic mass is 9.94. The number of rotatable bonds is 3. The molecule has 0 N–H and O–H groups in total. The van der Waals surface area contributed by atoms with Gasteiger partial charge in [-0.25, -0.2) is 13.8 Å². The van der Waals surface area contributed by atoms with Crippen LogP contribution in [0.3, 0.4) is 0 Å². The van der Waals surface area contributed by atoms with Crippen LogP contribution in [0.15, 0.2) is 18.3 Å². The fraction of sp³-hybridized carbons (Fsp3) is 0.643. The van der Waals surface area contributed by atoms with Crippen LogP contribution in [0.5, 0.6) is 5.88 Å². The van der Waals surface area contributed by atoms with E-state index in [0.29, 0.717) is 24.6 Å². The van der Waals surface area contributed by atoms with Gasteiger partial charge >= 0.3 is 0 Å². The number of halogens is 2. The van der Waals surface area contributed by atoms with Gasteiger partial charge in [-0.2, -0.15) is 0 Å². The van der Waals surface area contributed by atoms with Crippen LogP contribution in [0.2, 0.25) is 0 Å². The Balaban J connectivity index is 1.90. The summed E-state index contributed by atoms with van der Waals surface area (Å²) in [5, 5.41) is 0. The van der Waals surface area contributed by atoms with E-state index in [-0.39, 0.29) is 18.9 Å². The summed E-state index contributed by atoms with van der Waals surface area (Å²) in [5.74, 6) is -1.54. The van der Waals surface area contributed by atoms with E-state index >= 15 is 0 Å². The van der Waals surface area contributed by atoms with E-state index in [1.165, 1.54) is 0 Å². The van der Waals surface area contributed by atoms with Crippen molar-refractivity contribution < 1.29 is 13.5 Å². The highest BCUT2D eigenvalue weighted by molar-refractivity contribution is 5.20. The van der Waals surface area contributed by atoms with E-state index < -0.39 is 5.92 Å². The first-order valence-corrected chi connectivity index (χ1v) is 6.47. The van der Waals surface area contributed by atoms with Crippen molar-refractivity contribution >= 4 is 0 Å². The van der Waals surface area contributed by atoms with Crippen molar-refractivity contribution in [2.24, 2.45) is 0 Å². The summed E-state index contributed by atoms with van der Waals surface area (Å²) >= 11 is 0. The lowest BCUT2D eigenvalue weighted by Crippen LogP contribution is -2.30. The number of ether oxygens (including phenoxy) is 1. The maximum absolute atomic E-state index is 13.0. The Morgan fingerprint density at radius 1 is 1.28 bits per heavy atom. The summed E-state index contributed by atoms with van der Waals surface area (Å²) in [6.07, 6.45) is 2.31. The van der Waals surface area contributed by atoms with Crippen molar-refractivity contribution in [3.05, 3.63) is 23.9 Å². The van der Waals surface area contributed by atoms with E-state index in [4.69, 9.17) is 4.74 Å². The van der Waals surface area contributed by atoms with Crippen LogP contribution in [-0.4, -0.2) is 17.0 Å². The molecule has 100 valence electrons. The highest BCUT2D eigenvalue weighted by Crippen LogP contribution is 2.34. The molecule has 1 aliphatic rings. The summed E-state index contributed by atoms with van der Waals surface area (Å²) in [7, 11) is 0. The minimum Gasteiger partial charge on any atom is -0.474 e. The van der Waals surface area contributed by atoms with Crippen LogP contribution in [0.4, 0.5) is 8.78 Å². The molecule has 0 aromatic carbocycles. The van der Waals surface area contributed by atoms with Gasteiger partial charge in [0, 0.05) is 25.1 Å². The Morgan fingerprint density at radius 2 is 1.94 bits per heavy atom. The number of alkyl halides is 2. The molecule has 1 fully saturated rings. The van der Waals surface area contributed by atoms with Crippen LogP contribution in [0.1, 0.15) is 51.0 Å². The molecule has 1 aromatic heterocycles. The fourth-order valence-corrected chi connectivity index (χ4v) is 2.11. The second-order valence-electron chi connectivity index (χ2n) is 5.26. The largest absolute Gasteiger partial charge is 0.474 e. The summed E-state index contributed by atoms with van der Waals surface area (Å²) < 4.78 is 31.6. The van der Waals surface area contributed by atoms with Crippen molar-refractivity contribution in [2.75, 3.05) is 0 Å². The smallest absolute Gasteiger partial charge is 0.248 e. The lowest BCUT2D eigenvalue weighted by molar-refractivity contribution is -0.0588. The molecule has 2 rings (SSSR count). The third kappa shape index (κ3) is 3.40. The molecule has 18 heavy (non-hydrogen) atoms. The van der Waals surface area contributed by atoms with Gasteiger partial charge < -0.3 is 4.74 Å². The number of pyridine rings is 1. The first-order valence-electron chi connectivity index (χ1n) is 6.47. The summed E-state index contributed by atoms with van der Waals surface area (Å²) in [6, 6.07) is 3.80. The molecule has 0 unspecified atom stereocenters. The van der Waals surface area contributed by atoms with Gasteiger partial charge in [-0.15, -0.1) is 0 Å². The predicted molar refractivity (Wildman–Crippen MR) is 66.2 cm³/mol. The molecule has 2 nitrogen and oxygen atoms in total. The first kappa shape index (κ1) is 13.2. The van der Waals surface area contributed by atoms with E-state index in [1.54, 1.807) is 6.20 Å². The molecule has 4 heteroatoms. The van der Waals surface area contributed by atoms with Gasteiger partial charge in [-0.05, 0) is 24.3 Å². The Kier molecular flexibility index (Phi) is 3.83. The molecular formula is C14H19F2NO. The highest BCUT2D eigenvalue weighted by atomic mass is 19.3. The van der Waals surface area contributed by atoms with E-state index in [2.05, 4.69) is 18.8 Å². The molecule has 0 bridgehead atoms. The van der Waals surface area contributed by atoms with Gasteiger partial charge in [-0.1, -0.05) is 19.9 Å².